The number of hydrogen-bond donors (Lipinski definition) is 2. The highest BCUT2D eigenvalue weighted by atomic mass is 31.0. The van der Waals surface area contributed by atoms with Gasteiger partial charge in [-0.25, -0.2) is 4.98 Å². The molecule has 4 nitrogen and oxygen atoms in total. The van der Waals surface area contributed by atoms with Gasteiger partial charge < -0.3 is 14.8 Å². The zero-order valence-electron chi connectivity index (χ0n) is 11.3. The van der Waals surface area contributed by atoms with Crippen molar-refractivity contribution in [3.8, 4) is 0 Å². The molecule has 1 saturated carbocycles. The van der Waals surface area contributed by atoms with E-state index in [1.54, 1.807) is 0 Å². The summed E-state index contributed by atoms with van der Waals surface area (Å²) in [7, 11) is 2.52. The lowest BCUT2D eigenvalue weighted by Gasteiger charge is -2.29. The van der Waals surface area contributed by atoms with Crippen molar-refractivity contribution in [1.29, 1.82) is 0 Å². The third kappa shape index (κ3) is 2.13. The second-order valence-electron chi connectivity index (χ2n) is 5.80. The minimum atomic E-state index is -0.822. The predicted molar refractivity (Wildman–Crippen MR) is 81.2 cm³/mol. The maximum atomic E-state index is 10.2. The smallest absolute Gasteiger partial charge is 0.207 e. The van der Waals surface area contributed by atoms with E-state index < -0.39 is 5.60 Å². The van der Waals surface area contributed by atoms with E-state index in [1.165, 1.54) is 19.3 Å². The van der Waals surface area contributed by atoms with E-state index in [9.17, 15) is 5.11 Å². The van der Waals surface area contributed by atoms with Crippen LogP contribution in [-0.4, -0.2) is 14.7 Å². The summed E-state index contributed by atoms with van der Waals surface area (Å²) in [6.45, 7) is 3.63. The van der Waals surface area contributed by atoms with Gasteiger partial charge in [0.1, 0.15) is 0 Å². The molecule has 19 heavy (non-hydrogen) atoms. The van der Waals surface area contributed by atoms with E-state index in [2.05, 4.69) is 30.1 Å². The van der Waals surface area contributed by atoms with Gasteiger partial charge in [-0.3, -0.25) is 0 Å². The van der Waals surface area contributed by atoms with E-state index in [4.69, 9.17) is 0 Å². The molecular weight excluding hydrogens is 257 g/mol. The van der Waals surface area contributed by atoms with Gasteiger partial charge >= 0.3 is 0 Å². The molecule has 5 heteroatoms. The van der Waals surface area contributed by atoms with Crippen molar-refractivity contribution in [2.24, 2.45) is 0 Å². The van der Waals surface area contributed by atoms with Gasteiger partial charge in [-0.05, 0) is 60.2 Å². The highest BCUT2D eigenvalue weighted by Gasteiger charge is 2.25. The number of aliphatic hydroxyl groups is 1. The summed E-state index contributed by atoms with van der Waals surface area (Å²) in [4.78, 5) is 4.61. The molecule has 0 spiro atoms. The molecule has 0 radical (unpaired) electrons. The van der Waals surface area contributed by atoms with Crippen LogP contribution in [0.4, 0.5) is 5.95 Å². The summed E-state index contributed by atoms with van der Waals surface area (Å²) in [5, 5.41) is 13.3. The minimum Gasteiger partial charge on any atom is -0.386 e. The Kier molecular flexibility index (Phi) is 3.03. The quantitative estimate of drug-likeness (QED) is 0.847. The third-order valence-corrected chi connectivity index (χ3v) is 4.22. The van der Waals surface area contributed by atoms with Crippen molar-refractivity contribution in [3.63, 3.8) is 0 Å². The van der Waals surface area contributed by atoms with E-state index in [0.29, 0.717) is 6.04 Å². The van der Waals surface area contributed by atoms with Crippen LogP contribution in [0, 0.1) is 0 Å². The lowest BCUT2D eigenvalue weighted by atomic mass is 9.92. The second kappa shape index (κ2) is 4.46. The second-order valence-corrected chi connectivity index (χ2v) is 6.09. The Balaban J connectivity index is 2.19. The molecule has 0 aliphatic heterocycles. The van der Waals surface area contributed by atoms with Crippen molar-refractivity contribution < 1.29 is 5.11 Å². The number of anilines is 1. The van der Waals surface area contributed by atoms with Gasteiger partial charge in [0, 0.05) is 6.04 Å². The normalized spacial score (nSPS) is 16.6. The fraction of sp³-hybridized carbons (Fsp3) is 0.500. The van der Waals surface area contributed by atoms with Crippen molar-refractivity contribution in [3.05, 3.63) is 23.8 Å². The van der Waals surface area contributed by atoms with Crippen LogP contribution in [-0.2, 0) is 5.60 Å². The maximum absolute atomic E-state index is 10.2. The molecule has 3 rings (SSSR count). The third-order valence-electron chi connectivity index (χ3n) is 3.96. The number of imidazole rings is 1. The van der Waals surface area contributed by atoms with Gasteiger partial charge in [-0.2, -0.15) is 0 Å². The van der Waals surface area contributed by atoms with Crippen LogP contribution in [0.5, 0.6) is 0 Å². The van der Waals surface area contributed by atoms with Crippen molar-refractivity contribution in [2.75, 3.05) is 5.09 Å². The van der Waals surface area contributed by atoms with E-state index in [0.717, 1.165) is 22.5 Å². The summed E-state index contributed by atoms with van der Waals surface area (Å²) in [5.74, 6) is 0.887. The summed E-state index contributed by atoms with van der Waals surface area (Å²) < 4.78 is 2.26. The number of fused-ring (bicyclic) bond motifs is 1. The molecule has 0 saturated heterocycles. The number of hydrogen-bond acceptors (Lipinski definition) is 3. The number of benzene rings is 1. The Morgan fingerprint density at radius 3 is 2.68 bits per heavy atom. The molecule has 2 aromatic rings. The summed E-state index contributed by atoms with van der Waals surface area (Å²) in [5.41, 5.74) is 2.19. The fourth-order valence-electron chi connectivity index (χ4n) is 2.59. The first-order valence-corrected chi connectivity index (χ1v) is 7.30. The Bertz CT molecular complexity index is 611. The number of rotatable bonds is 3. The lowest BCUT2D eigenvalue weighted by molar-refractivity contribution is 0.0787. The Morgan fingerprint density at radius 2 is 2.16 bits per heavy atom. The highest BCUT2D eigenvalue weighted by Crippen LogP contribution is 2.38. The van der Waals surface area contributed by atoms with Gasteiger partial charge in [0.05, 0.1) is 16.6 Å². The molecule has 1 aromatic carbocycles. The summed E-state index contributed by atoms with van der Waals surface area (Å²) in [6.07, 6.45) is 3.70. The zero-order valence-corrected chi connectivity index (χ0v) is 12.5. The molecule has 2 N–H and O–H groups in total. The number of nitrogens with one attached hydrogen (secondary N) is 1. The van der Waals surface area contributed by atoms with E-state index in [1.807, 2.05) is 26.0 Å². The van der Waals surface area contributed by atoms with Gasteiger partial charge in [0.15, 0.2) is 0 Å². The predicted octanol–water partition coefficient (Wildman–Crippen LogP) is 3.19. The molecule has 0 amide bonds. The van der Waals surface area contributed by atoms with Crippen molar-refractivity contribution in [2.45, 2.75) is 44.8 Å². The van der Waals surface area contributed by atoms with Crippen LogP contribution in [0.25, 0.3) is 11.0 Å². The Labute approximate surface area is 115 Å². The zero-order chi connectivity index (χ0) is 13.6. The van der Waals surface area contributed by atoms with E-state index >= 15 is 0 Å². The molecule has 1 aromatic heterocycles. The molecule has 1 fully saturated rings. The van der Waals surface area contributed by atoms with Crippen molar-refractivity contribution in [1.82, 2.24) is 9.55 Å². The lowest BCUT2D eigenvalue weighted by Crippen LogP contribution is -2.19. The van der Waals surface area contributed by atoms with Crippen LogP contribution in [0.3, 0.4) is 0 Å². The molecule has 102 valence electrons. The van der Waals surface area contributed by atoms with E-state index in [-0.39, 0.29) is 0 Å². The van der Waals surface area contributed by atoms with Gasteiger partial charge in [0.2, 0.25) is 5.95 Å². The van der Waals surface area contributed by atoms with Gasteiger partial charge in [-0.1, -0.05) is 6.07 Å². The Morgan fingerprint density at radius 1 is 1.42 bits per heavy atom. The highest BCUT2D eigenvalue weighted by molar-refractivity contribution is 7.18. The van der Waals surface area contributed by atoms with Crippen LogP contribution < -0.4 is 5.09 Å². The van der Waals surface area contributed by atoms with Crippen LogP contribution >= 0.6 is 9.39 Å². The van der Waals surface area contributed by atoms with Crippen molar-refractivity contribution >= 4 is 26.4 Å². The first kappa shape index (κ1) is 12.9. The van der Waals surface area contributed by atoms with Crippen LogP contribution in [0.2, 0.25) is 0 Å². The average Bonchev–Trinajstić information content (AvgIpc) is 2.64. The average molecular weight is 277 g/mol. The summed E-state index contributed by atoms with van der Waals surface area (Å²) in [6, 6.07) is 6.53. The minimum absolute atomic E-state index is 0.533. The van der Waals surface area contributed by atoms with Crippen LogP contribution in [0.15, 0.2) is 18.2 Å². The standard InChI is InChI=1S/C14H20N3OP/c1-14(2,18)9-6-7-11-12(8-9)17(10-4-3-5-10)13(15-11)16-19/h6-8,10,18H,3-5,19H2,1-2H3,(H,15,16). The van der Waals surface area contributed by atoms with Gasteiger partial charge in [0.25, 0.3) is 0 Å². The summed E-state index contributed by atoms with van der Waals surface area (Å²) >= 11 is 0. The Hall–Kier alpha value is -1.12. The molecule has 1 heterocycles. The molecule has 0 bridgehead atoms. The molecule has 1 aliphatic carbocycles. The first-order valence-electron chi connectivity index (χ1n) is 6.72. The SMILES string of the molecule is CC(C)(O)c1ccc2nc(NP)n(C3CCC3)c2c1. The monoisotopic (exact) mass is 277 g/mol. The maximum Gasteiger partial charge on any atom is 0.207 e. The molecule has 1 atom stereocenters. The topological polar surface area (TPSA) is 50.1 Å². The van der Waals surface area contributed by atoms with Crippen LogP contribution in [0.1, 0.15) is 44.7 Å². The first-order chi connectivity index (χ1) is 9.00. The number of aromatic nitrogens is 2. The largest absolute Gasteiger partial charge is 0.386 e. The molecule has 1 unspecified atom stereocenters. The van der Waals surface area contributed by atoms with Gasteiger partial charge in [-0.15, -0.1) is 0 Å². The number of nitrogens with zero attached hydrogens (tertiary/aromatic N) is 2. The molecular formula is C14H20N3OP. The fourth-order valence-corrected chi connectivity index (χ4v) is 2.79. The molecule has 1 aliphatic rings.